The highest BCUT2D eigenvalue weighted by atomic mass is 32.2. The van der Waals surface area contributed by atoms with E-state index in [0.717, 1.165) is 5.56 Å². The Labute approximate surface area is 158 Å². The average molecular weight is 387 g/mol. The van der Waals surface area contributed by atoms with Gasteiger partial charge in [-0.25, -0.2) is 8.42 Å². The van der Waals surface area contributed by atoms with Crippen LogP contribution in [0.3, 0.4) is 0 Å². The number of ketones is 1. The molecule has 1 aliphatic heterocycles. The van der Waals surface area contributed by atoms with Crippen molar-refractivity contribution in [2.45, 2.75) is 31.7 Å². The van der Waals surface area contributed by atoms with Crippen molar-refractivity contribution in [3.05, 3.63) is 64.9 Å². The van der Waals surface area contributed by atoms with Crippen molar-refractivity contribution in [1.82, 2.24) is 4.72 Å². The molecule has 7 heteroatoms. The van der Waals surface area contributed by atoms with Gasteiger partial charge in [-0.2, -0.15) is 4.72 Å². The number of benzene rings is 2. The Morgan fingerprint density at radius 1 is 1.11 bits per heavy atom. The van der Waals surface area contributed by atoms with Gasteiger partial charge < -0.3 is 9.47 Å². The number of hydrogen-bond donors (Lipinski definition) is 1. The molecule has 0 spiro atoms. The molecule has 1 N–H and O–H groups in total. The quantitative estimate of drug-likeness (QED) is 0.851. The molecule has 1 heterocycles. The number of carbonyl (C=O) groups is 1. The molecule has 0 radical (unpaired) electrons. The summed E-state index contributed by atoms with van der Waals surface area (Å²) in [7, 11) is -2.31. The summed E-state index contributed by atoms with van der Waals surface area (Å²) in [5, 5.41) is 0. The van der Waals surface area contributed by atoms with Gasteiger partial charge in [0.15, 0.2) is 5.78 Å². The van der Waals surface area contributed by atoms with E-state index in [1.165, 1.54) is 26.2 Å². The number of hydrogen-bond acceptors (Lipinski definition) is 5. The lowest BCUT2D eigenvalue weighted by Gasteiger charge is -2.29. The van der Waals surface area contributed by atoms with E-state index in [0.29, 0.717) is 22.8 Å². The normalized spacial score (nSPS) is 16.5. The Kier molecular flexibility index (Phi) is 5.08. The van der Waals surface area contributed by atoms with Gasteiger partial charge in [0.1, 0.15) is 17.3 Å². The van der Waals surface area contributed by atoms with E-state index in [1.54, 1.807) is 37.3 Å². The van der Waals surface area contributed by atoms with Crippen LogP contribution in [0.4, 0.5) is 0 Å². The second-order valence-corrected chi connectivity index (χ2v) is 8.11. The average Bonchev–Trinajstić information content (AvgIpc) is 2.60. The molecular weight excluding hydrogens is 366 g/mol. The number of allylic oxidation sites excluding steroid dienone is 1. The number of rotatable bonds is 5. The Hall–Kier alpha value is -2.64. The van der Waals surface area contributed by atoms with Gasteiger partial charge >= 0.3 is 0 Å². The lowest BCUT2D eigenvalue weighted by molar-refractivity contribution is -0.114. The zero-order valence-corrected chi connectivity index (χ0v) is 16.4. The lowest BCUT2D eigenvalue weighted by Crippen LogP contribution is -2.34. The van der Waals surface area contributed by atoms with Crippen molar-refractivity contribution in [3.63, 3.8) is 0 Å². The minimum absolute atomic E-state index is 0.134. The van der Waals surface area contributed by atoms with Crippen LogP contribution in [0.15, 0.2) is 58.7 Å². The molecular formula is C20H21NO5S. The summed E-state index contributed by atoms with van der Waals surface area (Å²) in [6, 6.07) is 10.8. The van der Waals surface area contributed by atoms with E-state index in [9.17, 15) is 13.2 Å². The van der Waals surface area contributed by atoms with Crippen molar-refractivity contribution in [1.29, 1.82) is 0 Å². The van der Waals surface area contributed by atoms with E-state index in [2.05, 4.69) is 4.72 Å². The lowest BCUT2D eigenvalue weighted by atomic mass is 9.93. The molecule has 0 aliphatic carbocycles. The summed E-state index contributed by atoms with van der Waals surface area (Å²) in [4.78, 5) is 12.4. The molecule has 2 aromatic rings. The Morgan fingerprint density at radius 3 is 2.37 bits per heavy atom. The van der Waals surface area contributed by atoms with Gasteiger partial charge in [0.05, 0.1) is 23.6 Å². The molecule has 27 heavy (non-hydrogen) atoms. The second kappa shape index (κ2) is 7.17. The third-order valence-electron chi connectivity index (χ3n) is 4.45. The van der Waals surface area contributed by atoms with Gasteiger partial charge in [-0.1, -0.05) is 17.7 Å². The third kappa shape index (κ3) is 3.74. The van der Waals surface area contributed by atoms with E-state index in [1.807, 2.05) is 6.92 Å². The van der Waals surface area contributed by atoms with Crippen LogP contribution in [0.2, 0.25) is 0 Å². The van der Waals surface area contributed by atoms with E-state index in [4.69, 9.17) is 9.47 Å². The van der Waals surface area contributed by atoms with Crippen LogP contribution >= 0.6 is 0 Å². The number of ether oxygens (including phenoxy) is 2. The first-order chi connectivity index (χ1) is 12.7. The summed E-state index contributed by atoms with van der Waals surface area (Å²) in [5.74, 6) is 1.13. The fraction of sp³-hybridized carbons (Fsp3) is 0.250. The molecule has 2 aromatic carbocycles. The largest absolute Gasteiger partial charge is 0.497 e. The fourth-order valence-corrected chi connectivity index (χ4v) is 4.25. The molecule has 0 aromatic heterocycles. The summed E-state index contributed by atoms with van der Waals surface area (Å²) < 4.78 is 39.4. The molecule has 0 bridgehead atoms. The second-order valence-electron chi connectivity index (χ2n) is 6.40. The van der Waals surface area contributed by atoms with Gasteiger partial charge in [-0.15, -0.1) is 0 Å². The molecule has 0 saturated carbocycles. The van der Waals surface area contributed by atoms with Crippen molar-refractivity contribution in [3.8, 4) is 11.5 Å². The smallest absolute Gasteiger partial charge is 0.241 e. The molecule has 6 nitrogen and oxygen atoms in total. The van der Waals surface area contributed by atoms with Crippen molar-refractivity contribution in [2.24, 2.45) is 0 Å². The minimum Gasteiger partial charge on any atom is -0.497 e. The molecule has 1 unspecified atom stereocenters. The topological polar surface area (TPSA) is 81.7 Å². The Bertz CT molecular complexity index is 1020. The SMILES string of the molecule is COc1ccc2c(c1)OC(C)=C(C(C)=O)C2NS(=O)(=O)c1ccc(C)cc1. The van der Waals surface area contributed by atoms with E-state index >= 15 is 0 Å². The number of Topliss-reactive ketones (excluding diaryl/α,β-unsaturated/α-hetero) is 1. The summed E-state index contributed by atoms with van der Waals surface area (Å²) in [6.45, 7) is 4.92. The van der Waals surface area contributed by atoms with Crippen LogP contribution in [-0.2, 0) is 14.8 Å². The number of nitrogens with one attached hydrogen (secondary N) is 1. The number of sulfonamides is 1. The van der Waals surface area contributed by atoms with Crippen molar-refractivity contribution >= 4 is 15.8 Å². The molecule has 142 valence electrons. The van der Waals surface area contributed by atoms with E-state index < -0.39 is 16.1 Å². The maximum atomic E-state index is 12.9. The maximum absolute atomic E-state index is 12.9. The van der Waals surface area contributed by atoms with Crippen LogP contribution in [0.1, 0.15) is 31.0 Å². The molecule has 0 fully saturated rings. The van der Waals surface area contributed by atoms with Gasteiger partial charge in [0.25, 0.3) is 0 Å². The van der Waals surface area contributed by atoms with Crippen molar-refractivity contribution < 1.29 is 22.7 Å². The third-order valence-corrected chi connectivity index (χ3v) is 5.89. The number of aryl methyl sites for hydroxylation is 1. The van der Waals surface area contributed by atoms with Crippen LogP contribution in [-0.4, -0.2) is 21.3 Å². The Balaban J connectivity index is 2.08. The van der Waals surface area contributed by atoms with Gasteiger partial charge in [-0.05, 0) is 45.0 Å². The van der Waals surface area contributed by atoms with Crippen LogP contribution in [0.25, 0.3) is 0 Å². The highest BCUT2D eigenvalue weighted by Crippen LogP contribution is 2.40. The number of methoxy groups -OCH3 is 1. The summed E-state index contributed by atoms with van der Waals surface area (Å²) in [5.41, 5.74) is 1.79. The monoisotopic (exact) mass is 387 g/mol. The van der Waals surface area contributed by atoms with E-state index in [-0.39, 0.29) is 16.3 Å². The zero-order chi connectivity index (χ0) is 19.8. The van der Waals surface area contributed by atoms with Crippen LogP contribution in [0.5, 0.6) is 11.5 Å². The van der Waals surface area contributed by atoms with Gasteiger partial charge in [0.2, 0.25) is 10.0 Å². The predicted molar refractivity (Wildman–Crippen MR) is 101 cm³/mol. The van der Waals surface area contributed by atoms with Gasteiger partial charge in [0, 0.05) is 11.6 Å². The van der Waals surface area contributed by atoms with Crippen LogP contribution in [0, 0.1) is 6.92 Å². The summed E-state index contributed by atoms with van der Waals surface area (Å²) in [6.07, 6.45) is 0. The molecule has 1 aliphatic rings. The fourth-order valence-electron chi connectivity index (χ4n) is 3.06. The Morgan fingerprint density at radius 2 is 1.78 bits per heavy atom. The summed E-state index contributed by atoms with van der Waals surface area (Å²) >= 11 is 0. The maximum Gasteiger partial charge on any atom is 0.241 e. The number of carbonyl (C=O) groups excluding carboxylic acids is 1. The highest BCUT2D eigenvalue weighted by Gasteiger charge is 2.34. The minimum atomic E-state index is -3.85. The van der Waals surface area contributed by atoms with Crippen molar-refractivity contribution in [2.75, 3.05) is 7.11 Å². The highest BCUT2D eigenvalue weighted by molar-refractivity contribution is 7.89. The predicted octanol–water partition coefficient (Wildman–Crippen LogP) is 3.28. The van der Waals surface area contributed by atoms with Crippen LogP contribution < -0.4 is 14.2 Å². The number of fused-ring (bicyclic) bond motifs is 1. The molecule has 3 rings (SSSR count). The first-order valence-electron chi connectivity index (χ1n) is 8.39. The first-order valence-corrected chi connectivity index (χ1v) is 9.87. The first kappa shape index (κ1) is 19.1. The molecule has 1 atom stereocenters. The molecule has 0 saturated heterocycles. The van der Waals surface area contributed by atoms with Gasteiger partial charge in [-0.3, -0.25) is 4.79 Å². The standard InChI is InChI=1S/C20H21NO5S/c1-12-5-8-16(9-6-12)27(23,24)21-20-17-10-7-15(25-4)11-18(17)26-14(3)19(20)13(2)22/h5-11,20-21H,1-4H3. The zero-order valence-electron chi connectivity index (χ0n) is 15.6. The molecule has 0 amide bonds.